The topological polar surface area (TPSA) is 49.9 Å². The van der Waals surface area contributed by atoms with E-state index in [4.69, 9.17) is 4.74 Å². The van der Waals surface area contributed by atoms with Crippen LogP contribution >= 0.6 is 15.9 Å². The van der Waals surface area contributed by atoms with E-state index < -0.39 is 11.1 Å². The smallest absolute Gasteiger partial charge is 0.234 e. The van der Waals surface area contributed by atoms with Gasteiger partial charge in [-0.3, -0.25) is 14.5 Å². The molecule has 29 heavy (non-hydrogen) atoms. The summed E-state index contributed by atoms with van der Waals surface area (Å²) in [5, 5.41) is 0. The Labute approximate surface area is 178 Å². The Morgan fingerprint density at radius 1 is 1.03 bits per heavy atom. The highest BCUT2D eigenvalue weighted by atomic mass is 79.9. The van der Waals surface area contributed by atoms with E-state index >= 15 is 0 Å². The highest BCUT2D eigenvalue weighted by Crippen LogP contribution is 2.55. The lowest BCUT2D eigenvalue weighted by atomic mass is 9.76. The quantitative estimate of drug-likeness (QED) is 0.591. The minimum atomic E-state index is -0.701. The fourth-order valence-corrected chi connectivity index (χ4v) is 5.15. The second-order valence-corrected chi connectivity index (χ2v) is 9.24. The number of ether oxygens (including phenoxy) is 1. The molecule has 2 aromatic rings. The monoisotopic (exact) mass is 452 g/mol. The molecule has 5 rings (SSSR count). The van der Waals surface area contributed by atoms with Crippen LogP contribution < -0.4 is 14.5 Å². The summed E-state index contributed by atoms with van der Waals surface area (Å²) in [4.78, 5) is 27.9. The molecule has 3 aliphatic rings. The van der Waals surface area contributed by atoms with Crippen molar-refractivity contribution >= 4 is 45.2 Å². The Bertz CT molecular complexity index is 1090. The summed E-state index contributed by atoms with van der Waals surface area (Å²) < 4.78 is 7.63. The molecule has 2 aromatic carbocycles. The third-order valence-corrected chi connectivity index (χ3v) is 6.94. The van der Waals surface area contributed by atoms with E-state index in [0.717, 1.165) is 27.0 Å². The standard InChI is InChI=1S/C23H21BrN2O3/c1-22(2)17-13-16(26-20(27)8-9-21(26)28)5-6-18(17)25(3)23(22)11-10-14-12-15(24)4-7-19(14)29-23/h4-7,10-13H,8-9H2,1-3H3. The molecule has 1 saturated heterocycles. The molecule has 0 radical (unpaired) electrons. The van der Waals surface area contributed by atoms with Gasteiger partial charge in [0.2, 0.25) is 17.5 Å². The van der Waals surface area contributed by atoms with Gasteiger partial charge in [0.1, 0.15) is 5.75 Å². The molecule has 0 aliphatic carbocycles. The molecular formula is C23H21BrN2O3. The van der Waals surface area contributed by atoms with Crippen molar-refractivity contribution in [2.24, 2.45) is 0 Å². The van der Waals surface area contributed by atoms with Gasteiger partial charge in [0, 0.05) is 35.6 Å². The van der Waals surface area contributed by atoms with Gasteiger partial charge in [0.15, 0.2) is 0 Å². The van der Waals surface area contributed by atoms with E-state index in [-0.39, 0.29) is 24.7 Å². The molecule has 148 valence electrons. The van der Waals surface area contributed by atoms with Crippen molar-refractivity contribution in [1.82, 2.24) is 0 Å². The molecule has 1 fully saturated rings. The lowest BCUT2D eigenvalue weighted by molar-refractivity contribution is -0.121. The zero-order valence-corrected chi connectivity index (χ0v) is 18.1. The highest BCUT2D eigenvalue weighted by Gasteiger charge is 2.57. The maximum absolute atomic E-state index is 12.2. The molecule has 0 bridgehead atoms. The van der Waals surface area contributed by atoms with Gasteiger partial charge in [-0.25, -0.2) is 0 Å². The molecule has 5 nitrogen and oxygen atoms in total. The van der Waals surface area contributed by atoms with Crippen LogP contribution in [0.4, 0.5) is 11.4 Å². The normalized spacial score (nSPS) is 24.1. The van der Waals surface area contributed by atoms with Crippen LogP contribution in [0.5, 0.6) is 5.75 Å². The van der Waals surface area contributed by atoms with Crippen LogP contribution in [0.3, 0.4) is 0 Å². The lowest BCUT2D eigenvalue weighted by Crippen LogP contribution is -2.58. The summed E-state index contributed by atoms with van der Waals surface area (Å²) in [7, 11) is 2.02. The number of fused-ring (bicyclic) bond motifs is 2. The van der Waals surface area contributed by atoms with Crippen molar-refractivity contribution < 1.29 is 14.3 Å². The van der Waals surface area contributed by atoms with E-state index in [2.05, 4.69) is 46.8 Å². The highest BCUT2D eigenvalue weighted by molar-refractivity contribution is 9.10. The number of amides is 2. The maximum Gasteiger partial charge on any atom is 0.234 e. The fourth-order valence-electron chi connectivity index (χ4n) is 4.77. The van der Waals surface area contributed by atoms with E-state index in [1.165, 1.54) is 4.90 Å². The Hall–Kier alpha value is -2.60. The first kappa shape index (κ1) is 18.4. The molecular weight excluding hydrogens is 432 g/mol. The number of hydrogen-bond acceptors (Lipinski definition) is 4. The zero-order chi connectivity index (χ0) is 20.6. The Morgan fingerprint density at radius 3 is 2.48 bits per heavy atom. The van der Waals surface area contributed by atoms with Crippen LogP contribution in [0.2, 0.25) is 0 Å². The lowest BCUT2D eigenvalue weighted by Gasteiger charge is -2.45. The number of nitrogens with zero attached hydrogens (tertiary/aromatic N) is 2. The summed E-state index contributed by atoms with van der Waals surface area (Å²) in [6.45, 7) is 4.28. The van der Waals surface area contributed by atoms with Gasteiger partial charge in [-0.15, -0.1) is 0 Å². The summed E-state index contributed by atoms with van der Waals surface area (Å²) >= 11 is 3.51. The maximum atomic E-state index is 12.2. The number of likely N-dealkylation sites (N-methyl/N-ethyl adjacent to an activating group) is 1. The third kappa shape index (κ3) is 2.38. The average Bonchev–Trinajstić information content (AvgIpc) is 3.10. The van der Waals surface area contributed by atoms with Gasteiger partial charge < -0.3 is 9.64 Å². The van der Waals surface area contributed by atoms with E-state index in [9.17, 15) is 9.59 Å². The number of benzene rings is 2. The van der Waals surface area contributed by atoms with Crippen molar-refractivity contribution in [3.8, 4) is 5.75 Å². The summed E-state index contributed by atoms with van der Waals surface area (Å²) in [6.07, 6.45) is 4.76. The Morgan fingerprint density at radius 2 is 1.76 bits per heavy atom. The average molecular weight is 453 g/mol. The number of hydrogen-bond donors (Lipinski definition) is 0. The minimum absolute atomic E-state index is 0.137. The number of rotatable bonds is 1. The van der Waals surface area contributed by atoms with Gasteiger partial charge in [0.25, 0.3) is 0 Å². The summed E-state index contributed by atoms with van der Waals surface area (Å²) in [5.41, 5.74) is 2.63. The minimum Gasteiger partial charge on any atom is -0.463 e. The molecule has 1 atom stereocenters. The van der Waals surface area contributed by atoms with Gasteiger partial charge in [-0.05, 0) is 68.0 Å². The SMILES string of the molecule is CN1c2ccc(N3C(=O)CCC3=O)cc2C(C)(C)C12C=Cc1cc(Br)ccc1O2. The van der Waals surface area contributed by atoms with E-state index in [1.807, 2.05) is 43.4 Å². The van der Waals surface area contributed by atoms with Gasteiger partial charge >= 0.3 is 0 Å². The van der Waals surface area contributed by atoms with Crippen LogP contribution in [-0.4, -0.2) is 24.6 Å². The van der Waals surface area contributed by atoms with Crippen molar-refractivity contribution in [2.75, 3.05) is 16.8 Å². The molecule has 1 unspecified atom stereocenters. The number of carbonyl (C=O) groups is 2. The van der Waals surface area contributed by atoms with Crippen molar-refractivity contribution in [3.05, 3.63) is 58.1 Å². The first-order valence-corrected chi connectivity index (χ1v) is 10.5. The van der Waals surface area contributed by atoms with Gasteiger partial charge in [-0.2, -0.15) is 0 Å². The second kappa shape index (κ2) is 5.95. The zero-order valence-electron chi connectivity index (χ0n) is 16.5. The summed E-state index contributed by atoms with van der Waals surface area (Å²) in [6, 6.07) is 11.8. The van der Waals surface area contributed by atoms with Crippen molar-refractivity contribution in [2.45, 2.75) is 37.8 Å². The van der Waals surface area contributed by atoms with E-state index in [1.54, 1.807) is 0 Å². The molecule has 1 spiro atoms. The predicted octanol–water partition coefficient (Wildman–Crippen LogP) is 4.63. The van der Waals surface area contributed by atoms with Crippen molar-refractivity contribution in [3.63, 3.8) is 0 Å². The molecule has 0 N–H and O–H groups in total. The fraction of sp³-hybridized carbons (Fsp3) is 0.304. The number of anilines is 2. The van der Waals surface area contributed by atoms with E-state index in [0.29, 0.717) is 5.69 Å². The van der Waals surface area contributed by atoms with Crippen LogP contribution in [0.25, 0.3) is 6.08 Å². The molecule has 0 aromatic heterocycles. The van der Waals surface area contributed by atoms with Crippen molar-refractivity contribution in [1.29, 1.82) is 0 Å². The second-order valence-electron chi connectivity index (χ2n) is 8.32. The van der Waals surface area contributed by atoms with Gasteiger partial charge in [0.05, 0.1) is 11.1 Å². The Balaban J connectivity index is 1.61. The van der Waals surface area contributed by atoms with Crippen LogP contribution in [0.1, 0.15) is 37.8 Å². The number of imide groups is 1. The molecule has 3 heterocycles. The number of halogens is 1. The molecule has 3 aliphatic heterocycles. The number of carbonyl (C=O) groups excluding carboxylic acids is 2. The molecule has 2 amide bonds. The van der Waals surface area contributed by atoms with Crippen LogP contribution in [0, 0.1) is 0 Å². The first-order valence-electron chi connectivity index (χ1n) is 9.66. The van der Waals surface area contributed by atoms with Gasteiger partial charge in [-0.1, -0.05) is 15.9 Å². The van der Waals surface area contributed by atoms with Crippen LogP contribution in [-0.2, 0) is 15.0 Å². The molecule has 6 heteroatoms. The molecule has 0 saturated carbocycles. The summed E-state index contributed by atoms with van der Waals surface area (Å²) in [5.74, 6) is 0.554. The Kier molecular flexibility index (Phi) is 3.78. The first-order chi connectivity index (χ1) is 13.7. The van der Waals surface area contributed by atoms with Crippen LogP contribution in [0.15, 0.2) is 46.9 Å². The third-order valence-electron chi connectivity index (χ3n) is 6.44. The predicted molar refractivity (Wildman–Crippen MR) is 116 cm³/mol. The largest absolute Gasteiger partial charge is 0.463 e.